The Kier molecular flexibility index (Phi) is 5.11. The molecule has 1 amide bonds. The van der Waals surface area contributed by atoms with Crippen LogP contribution >= 0.6 is 11.3 Å². The second-order valence-corrected chi connectivity index (χ2v) is 6.86. The second kappa shape index (κ2) is 7.45. The highest BCUT2D eigenvalue weighted by Crippen LogP contribution is 2.27. The lowest BCUT2D eigenvalue weighted by Gasteiger charge is -2.18. The van der Waals surface area contributed by atoms with Crippen molar-refractivity contribution >= 4 is 17.2 Å². The van der Waals surface area contributed by atoms with Gasteiger partial charge >= 0.3 is 0 Å². The maximum absolute atomic E-state index is 12.7. The normalized spacial score (nSPS) is 11.9. The van der Waals surface area contributed by atoms with E-state index in [1.54, 1.807) is 11.3 Å². The van der Waals surface area contributed by atoms with E-state index in [1.807, 2.05) is 42.6 Å². The first-order valence-electron chi connectivity index (χ1n) is 8.17. The number of carbonyl (C=O) groups is 1. The third-order valence-electron chi connectivity index (χ3n) is 4.14. The molecule has 0 radical (unpaired) electrons. The lowest BCUT2D eigenvalue weighted by Crippen LogP contribution is -2.28. The van der Waals surface area contributed by atoms with Crippen molar-refractivity contribution in [2.24, 2.45) is 0 Å². The largest absolute Gasteiger partial charge is 0.340 e. The van der Waals surface area contributed by atoms with E-state index >= 15 is 0 Å². The summed E-state index contributed by atoms with van der Waals surface area (Å²) in [7, 11) is 0. The van der Waals surface area contributed by atoms with Gasteiger partial charge in [-0.05, 0) is 48.1 Å². The van der Waals surface area contributed by atoms with Gasteiger partial charge in [0.15, 0.2) is 0 Å². The molecule has 2 aromatic carbocycles. The number of thiophene rings is 1. The Morgan fingerprint density at radius 3 is 2.33 bits per heavy atom. The third kappa shape index (κ3) is 3.74. The van der Waals surface area contributed by atoms with E-state index in [-0.39, 0.29) is 11.9 Å². The lowest BCUT2D eigenvalue weighted by molar-refractivity contribution is 0.0943. The maximum atomic E-state index is 12.7. The van der Waals surface area contributed by atoms with Gasteiger partial charge in [-0.25, -0.2) is 0 Å². The maximum Gasteiger partial charge on any atom is 0.252 e. The van der Waals surface area contributed by atoms with E-state index < -0.39 is 0 Å². The molecule has 0 spiro atoms. The molecule has 3 rings (SSSR count). The van der Waals surface area contributed by atoms with Gasteiger partial charge in [0, 0.05) is 10.4 Å². The van der Waals surface area contributed by atoms with Gasteiger partial charge in [-0.15, -0.1) is 11.3 Å². The van der Waals surface area contributed by atoms with Crippen molar-refractivity contribution in [3.63, 3.8) is 0 Å². The van der Waals surface area contributed by atoms with Crippen molar-refractivity contribution in [1.82, 2.24) is 5.32 Å². The average Bonchev–Trinajstić information content (AvgIpc) is 3.14. The molecule has 0 saturated carbocycles. The van der Waals surface area contributed by atoms with Crippen LogP contribution in [0.1, 0.15) is 44.9 Å². The first kappa shape index (κ1) is 16.5. The minimum Gasteiger partial charge on any atom is -0.340 e. The molecule has 0 aliphatic rings. The van der Waals surface area contributed by atoms with E-state index in [0.29, 0.717) is 5.56 Å². The molecule has 1 aromatic heterocycles. The van der Waals surface area contributed by atoms with Crippen LogP contribution in [0.15, 0.2) is 66.0 Å². The molecule has 0 bridgehead atoms. The van der Waals surface area contributed by atoms with Crippen molar-refractivity contribution in [3.8, 4) is 0 Å². The predicted molar refractivity (Wildman–Crippen MR) is 101 cm³/mol. The molecule has 3 aromatic rings. The molecule has 2 nitrogen and oxygen atoms in total. The van der Waals surface area contributed by atoms with E-state index in [9.17, 15) is 4.79 Å². The summed E-state index contributed by atoms with van der Waals surface area (Å²) in [4.78, 5) is 13.8. The molecule has 3 heteroatoms. The molecular weight excluding hydrogens is 314 g/mol. The van der Waals surface area contributed by atoms with Gasteiger partial charge in [-0.3, -0.25) is 4.79 Å². The highest BCUT2D eigenvalue weighted by atomic mass is 32.1. The van der Waals surface area contributed by atoms with Crippen molar-refractivity contribution in [2.45, 2.75) is 26.3 Å². The lowest BCUT2D eigenvalue weighted by atomic mass is 10.0. The molecule has 1 atom stereocenters. The molecule has 0 aliphatic carbocycles. The smallest absolute Gasteiger partial charge is 0.252 e. The summed E-state index contributed by atoms with van der Waals surface area (Å²) >= 11 is 1.66. The molecule has 0 fully saturated rings. The summed E-state index contributed by atoms with van der Waals surface area (Å²) in [6, 6.07) is 20.1. The molecular formula is C21H21NOS. The van der Waals surface area contributed by atoms with Crippen molar-refractivity contribution in [3.05, 3.63) is 93.2 Å². The van der Waals surface area contributed by atoms with E-state index in [2.05, 4.69) is 42.6 Å². The zero-order valence-corrected chi connectivity index (χ0v) is 14.8. The molecule has 0 aliphatic heterocycles. The minimum atomic E-state index is -0.121. The van der Waals surface area contributed by atoms with Gasteiger partial charge in [0.25, 0.3) is 5.91 Å². The zero-order chi connectivity index (χ0) is 16.9. The number of rotatable bonds is 5. The molecule has 0 saturated heterocycles. The van der Waals surface area contributed by atoms with Gasteiger partial charge in [0.1, 0.15) is 0 Å². The molecule has 1 heterocycles. The Hall–Kier alpha value is -2.39. The first-order valence-corrected chi connectivity index (χ1v) is 9.05. The summed E-state index contributed by atoms with van der Waals surface area (Å²) in [6.07, 6.45) is 1.01. The fraction of sp³-hybridized carbons (Fsp3) is 0.190. The predicted octanol–water partition coefficient (Wildman–Crippen LogP) is 5.14. The summed E-state index contributed by atoms with van der Waals surface area (Å²) in [5, 5.41) is 5.22. The minimum absolute atomic E-state index is 0.0482. The quantitative estimate of drug-likeness (QED) is 0.687. The highest BCUT2D eigenvalue weighted by Gasteiger charge is 2.18. The first-order chi connectivity index (χ1) is 11.7. The van der Waals surface area contributed by atoms with Crippen LogP contribution in [-0.4, -0.2) is 5.91 Å². The Balaban J connectivity index is 1.87. The summed E-state index contributed by atoms with van der Waals surface area (Å²) in [5.41, 5.74) is 4.24. The van der Waals surface area contributed by atoms with Crippen molar-refractivity contribution in [2.75, 3.05) is 0 Å². The van der Waals surface area contributed by atoms with Crippen LogP contribution < -0.4 is 5.32 Å². The number of hydrogen-bond acceptors (Lipinski definition) is 2. The van der Waals surface area contributed by atoms with Crippen LogP contribution in [-0.2, 0) is 6.42 Å². The van der Waals surface area contributed by atoms with Crippen LogP contribution in [0.5, 0.6) is 0 Å². The topological polar surface area (TPSA) is 29.1 Å². The number of nitrogens with one attached hydrogen (secondary N) is 1. The fourth-order valence-corrected chi connectivity index (χ4v) is 3.44. The van der Waals surface area contributed by atoms with Crippen LogP contribution in [0.4, 0.5) is 0 Å². The molecule has 0 unspecified atom stereocenters. The SMILES string of the molecule is CCc1ccc([C@H](NC(=O)c2ccc(C)cc2)c2cccs2)cc1. The standard InChI is InChI=1S/C21H21NOS/c1-3-16-8-12-17(13-9-16)20(19-5-4-14-24-19)22-21(23)18-10-6-15(2)7-11-18/h4-14,20H,3H2,1-2H3,(H,22,23)/t20-/m0/s1. The number of benzene rings is 2. The Bertz CT molecular complexity index is 789. The van der Waals surface area contributed by atoms with Crippen LogP contribution in [0.2, 0.25) is 0 Å². The Morgan fingerprint density at radius 1 is 1.04 bits per heavy atom. The van der Waals surface area contributed by atoms with Crippen molar-refractivity contribution in [1.29, 1.82) is 0 Å². The average molecular weight is 335 g/mol. The van der Waals surface area contributed by atoms with Gasteiger partial charge in [-0.2, -0.15) is 0 Å². The third-order valence-corrected chi connectivity index (χ3v) is 5.08. The van der Waals surface area contributed by atoms with Crippen LogP contribution in [0.25, 0.3) is 0 Å². The number of hydrogen-bond donors (Lipinski definition) is 1. The van der Waals surface area contributed by atoms with Crippen LogP contribution in [0.3, 0.4) is 0 Å². The van der Waals surface area contributed by atoms with E-state index in [1.165, 1.54) is 5.56 Å². The molecule has 1 N–H and O–H groups in total. The monoisotopic (exact) mass is 335 g/mol. The van der Waals surface area contributed by atoms with Crippen molar-refractivity contribution < 1.29 is 4.79 Å². The van der Waals surface area contributed by atoms with Gasteiger partial charge in [0.2, 0.25) is 0 Å². The molecule has 122 valence electrons. The number of carbonyl (C=O) groups excluding carboxylic acids is 1. The Morgan fingerprint density at radius 2 is 1.75 bits per heavy atom. The van der Waals surface area contributed by atoms with Gasteiger partial charge in [0.05, 0.1) is 6.04 Å². The van der Waals surface area contributed by atoms with E-state index in [4.69, 9.17) is 0 Å². The zero-order valence-electron chi connectivity index (χ0n) is 14.0. The van der Waals surface area contributed by atoms with Gasteiger partial charge < -0.3 is 5.32 Å². The number of amides is 1. The number of aryl methyl sites for hydroxylation is 2. The summed E-state index contributed by atoms with van der Waals surface area (Å²) in [6.45, 7) is 4.16. The van der Waals surface area contributed by atoms with E-state index in [0.717, 1.165) is 22.4 Å². The fourth-order valence-electron chi connectivity index (χ4n) is 2.64. The second-order valence-electron chi connectivity index (χ2n) is 5.88. The molecule has 24 heavy (non-hydrogen) atoms. The Labute approximate surface area is 147 Å². The summed E-state index contributed by atoms with van der Waals surface area (Å²) in [5.74, 6) is -0.0482. The highest BCUT2D eigenvalue weighted by molar-refractivity contribution is 7.10. The van der Waals surface area contributed by atoms with Gasteiger partial charge in [-0.1, -0.05) is 55.0 Å². The summed E-state index contributed by atoms with van der Waals surface area (Å²) < 4.78 is 0. The van der Waals surface area contributed by atoms with Crippen LogP contribution in [0, 0.1) is 6.92 Å².